The van der Waals surface area contributed by atoms with Gasteiger partial charge >= 0.3 is 0 Å². The second-order valence-corrected chi connectivity index (χ2v) is 5.41. The number of pyridine rings is 1. The highest BCUT2D eigenvalue weighted by Gasteiger charge is 2.23. The average Bonchev–Trinajstić information content (AvgIpc) is 2.38. The third-order valence-corrected chi connectivity index (χ3v) is 4.23. The van der Waals surface area contributed by atoms with Crippen molar-refractivity contribution in [3.8, 4) is 6.07 Å². The van der Waals surface area contributed by atoms with E-state index in [-0.39, 0.29) is 0 Å². The van der Waals surface area contributed by atoms with E-state index < -0.39 is 0 Å². The van der Waals surface area contributed by atoms with Gasteiger partial charge in [-0.25, -0.2) is 4.98 Å². The summed E-state index contributed by atoms with van der Waals surface area (Å²) in [5.74, 6) is 0.823. The van der Waals surface area contributed by atoms with Crippen molar-refractivity contribution in [1.82, 2.24) is 0 Å². The van der Waals surface area contributed by atoms with Gasteiger partial charge in [0.15, 0.2) is 0 Å². The fraction of sp³-hybridized carbons (Fsp3) is 0.571. The van der Waals surface area contributed by atoms with Crippen LogP contribution < -0.4 is 10.3 Å². The summed E-state index contributed by atoms with van der Waals surface area (Å²) in [6.07, 6.45) is 6.22. The predicted molar refractivity (Wildman–Crippen MR) is 72.7 cm³/mol. The quantitative estimate of drug-likeness (QED) is 0.890. The zero-order valence-electron chi connectivity index (χ0n) is 10.9. The second-order valence-electron chi connectivity index (χ2n) is 5.03. The first-order valence-electron chi connectivity index (χ1n) is 6.52. The van der Waals surface area contributed by atoms with E-state index in [1.807, 2.05) is 13.8 Å². The van der Waals surface area contributed by atoms with Crippen molar-refractivity contribution < 1.29 is 4.98 Å². The topological polar surface area (TPSA) is 50.0 Å². The number of aryl methyl sites for hydroxylation is 1. The van der Waals surface area contributed by atoms with Crippen molar-refractivity contribution in [1.29, 1.82) is 5.26 Å². The zero-order chi connectivity index (χ0) is 13.1. The molecule has 1 aromatic heterocycles. The van der Waals surface area contributed by atoms with Gasteiger partial charge in [-0.15, -0.1) is 0 Å². The molecule has 1 heterocycles. The van der Waals surface area contributed by atoms with Crippen LogP contribution in [0.15, 0.2) is 0 Å². The number of hydrogen-bond donors (Lipinski definition) is 1. The van der Waals surface area contributed by atoms with E-state index >= 15 is 0 Å². The van der Waals surface area contributed by atoms with Crippen LogP contribution >= 0.6 is 11.6 Å². The van der Waals surface area contributed by atoms with Crippen LogP contribution in [0.3, 0.4) is 0 Å². The molecule has 0 radical (unpaired) electrons. The van der Waals surface area contributed by atoms with Gasteiger partial charge in [-0.2, -0.15) is 5.26 Å². The second kappa shape index (κ2) is 5.58. The first-order valence-corrected chi connectivity index (χ1v) is 6.90. The number of halogens is 1. The molecule has 0 aromatic carbocycles. The molecule has 1 aliphatic carbocycles. The Morgan fingerprint density at radius 3 is 2.56 bits per heavy atom. The molecule has 0 bridgehead atoms. The van der Waals surface area contributed by atoms with Gasteiger partial charge in [-0.3, -0.25) is 5.32 Å². The van der Waals surface area contributed by atoms with Gasteiger partial charge < -0.3 is 0 Å². The lowest BCUT2D eigenvalue weighted by atomic mass is 9.95. The largest absolute Gasteiger partial charge is 0.291 e. The van der Waals surface area contributed by atoms with Gasteiger partial charge in [0.2, 0.25) is 0 Å². The van der Waals surface area contributed by atoms with Crippen LogP contribution in [0.1, 0.15) is 48.9 Å². The van der Waals surface area contributed by atoms with Crippen LogP contribution in [-0.4, -0.2) is 6.04 Å². The van der Waals surface area contributed by atoms with Crippen LogP contribution in [0.25, 0.3) is 0 Å². The maximum absolute atomic E-state index is 9.28. The molecule has 1 aliphatic rings. The first-order chi connectivity index (χ1) is 8.63. The van der Waals surface area contributed by atoms with Crippen molar-refractivity contribution in [2.75, 3.05) is 5.32 Å². The standard InChI is InChI=1S/C14H18ClN3/c1-9-12(8-16)14(17-10(2)13(9)15)18-11-6-4-3-5-7-11/h11H,3-7H2,1-2H3,(H,17,18)/p+1. The van der Waals surface area contributed by atoms with Crippen LogP contribution in [0.5, 0.6) is 0 Å². The molecule has 3 nitrogen and oxygen atoms in total. The molecule has 96 valence electrons. The Kier molecular flexibility index (Phi) is 4.08. The van der Waals surface area contributed by atoms with Gasteiger partial charge in [0.05, 0.1) is 11.1 Å². The highest BCUT2D eigenvalue weighted by atomic mass is 35.5. The summed E-state index contributed by atoms with van der Waals surface area (Å²) in [6.45, 7) is 3.83. The minimum absolute atomic E-state index is 0.474. The van der Waals surface area contributed by atoms with Crippen molar-refractivity contribution >= 4 is 17.4 Å². The fourth-order valence-corrected chi connectivity index (χ4v) is 2.72. The van der Waals surface area contributed by atoms with E-state index in [9.17, 15) is 5.26 Å². The highest BCUT2D eigenvalue weighted by Crippen LogP contribution is 2.26. The van der Waals surface area contributed by atoms with E-state index in [4.69, 9.17) is 11.6 Å². The Morgan fingerprint density at radius 2 is 1.94 bits per heavy atom. The zero-order valence-corrected chi connectivity index (χ0v) is 11.7. The molecule has 2 rings (SSSR count). The Bertz CT molecular complexity index is 485. The predicted octanol–water partition coefficient (Wildman–Crippen LogP) is 3.39. The van der Waals surface area contributed by atoms with Crippen LogP contribution in [0, 0.1) is 25.2 Å². The number of hydrogen-bond acceptors (Lipinski definition) is 2. The SMILES string of the molecule is Cc1[nH+]c(NC2CCCCC2)c(C#N)c(C)c1Cl. The van der Waals surface area contributed by atoms with E-state index in [0.717, 1.165) is 17.1 Å². The van der Waals surface area contributed by atoms with Crippen LogP contribution in [0.4, 0.5) is 5.82 Å². The van der Waals surface area contributed by atoms with E-state index in [1.165, 1.54) is 32.1 Å². The summed E-state index contributed by atoms with van der Waals surface area (Å²) >= 11 is 6.17. The molecule has 0 unspecified atom stereocenters. The summed E-state index contributed by atoms with van der Waals surface area (Å²) in [5, 5.41) is 13.4. The minimum Gasteiger partial charge on any atom is -0.271 e. The normalized spacial score (nSPS) is 16.3. The Hall–Kier alpha value is -1.27. The lowest BCUT2D eigenvalue weighted by Gasteiger charge is -2.19. The van der Waals surface area contributed by atoms with Gasteiger partial charge in [-0.1, -0.05) is 18.0 Å². The van der Waals surface area contributed by atoms with Crippen molar-refractivity contribution in [2.24, 2.45) is 0 Å². The van der Waals surface area contributed by atoms with E-state index in [1.54, 1.807) is 0 Å². The Morgan fingerprint density at radius 1 is 1.28 bits per heavy atom. The van der Waals surface area contributed by atoms with Crippen molar-refractivity contribution in [3.63, 3.8) is 0 Å². The van der Waals surface area contributed by atoms with Crippen molar-refractivity contribution in [2.45, 2.75) is 52.0 Å². The molecule has 18 heavy (non-hydrogen) atoms. The summed E-state index contributed by atoms with van der Waals surface area (Å²) in [6, 6.07) is 2.72. The van der Waals surface area contributed by atoms with Gasteiger partial charge in [0.1, 0.15) is 17.3 Å². The fourth-order valence-electron chi connectivity index (χ4n) is 2.58. The minimum atomic E-state index is 0.474. The number of aromatic nitrogens is 1. The van der Waals surface area contributed by atoms with Gasteiger partial charge in [0.25, 0.3) is 5.82 Å². The number of nitriles is 1. The molecule has 1 saturated carbocycles. The van der Waals surface area contributed by atoms with Crippen LogP contribution in [-0.2, 0) is 0 Å². The number of aromatic amines is 1. The monoisotopic (exact) mass is 264 g/mol. The lowest BCUT2D eigenvalue weighted by molar-refractivity contribution is -0.371. The maximum atomic E-state index is 9.28. The summed E-state index contributed by atoms with van der Waals surface area (Å²) < 4.78 is 0. The number of nitrogens with one attached hydrogen (secondary N) is 2. The smallest absolute Gasteiger partial charge is 0.271 e. The molecule has 0 spiro atoms. The average molecular weight is 265 g/mol. The number of nitrogens with zero attached hydrogens (tertiary/aromatic N) is 1. The molecule has 1 fully saturated rings. The van der Waals surface area contributed by atoms with E-state index in [2.05, 4.69) is 16.4 Å². The number of anilines is 1. The third kappa shape index (κ3) is 2.59. The Labute approximate surface area is 113 Å². The summed E-state index contributed by atoms with van der Waals surface area (Å²) in [4.78, 5) is 3.22. The summed E-state index contributed by atoms with van der Waals surface area (Å²) in [5.41, 5.74) is 2.40. The Balaban J connectivity index is 2.29. The third-order valence-electron chi connectivity index (χ3n) is 3.66. The molecule has 2 N–H and O–H groups in total. The molecule has 0 atom stereocenters. The molecule has 4 heteroatoms. The molecule has 0 amide bonds. The molecule has 1 aromatic rings. The molecule has 0 aliphatic heterocycles. The number of rotatable bonds is 2. The van der Waals surface area contributed by atoms with Crippen molar-refractivity contribution in [3.05, 3.63) is 21.8 Å². The molecule has 0 saturated heterocycles. The van der Waals surface area contributed by atoms with Gasteiger partial charge in [0, 0.05) is 0 Å². The van der Waals surface area contributed by atoms with E-state index in [0.29, 0.717) is 16.6 Å². The van der Waals surface area contributed by atoms with Crippen LogP contribution in [0.2, 0.25) is 5.02 Å². The summed E-state index contributed by atoms with van der Waals surface area (Å²) in [7, 11) is 0. The number of H-pyrrole nitrogens is 1. The van der Waals surface area contributed by atoms with Gasteiger partial charge in [-0.05, 0) is 45.1 Å². The molecular formula is C14H19ClN3+. The molecular weight excluding hydrogens is 246 g/mol. The maximum Gasteiger partial charge on any atom is 0.291 e. The first kappa shape index (κ1) is 13.2. The lowest BCUT2D eigenvalue weighted by Crippen LogP contribution is -2.28. The highest BCUT2D eigenvalue weighted by molar-refractivity contribution is 6.32.